The monoisotopic (exact) mass is 222 g/mol. The number of benzene rings is 1. The third kappa shape index (κ3) is 4.59. The normalized spacial score (nSPS) is 9.56. The summed E-state index contributed by atoms with van der Waals surface area (Å²) >= 11 is 0. The summed E-state index contributed by atoms with van der Waals surface area (Å²) < 4.78 is 9.66. The zero-order chi connectivity index (χ0) is 11.8. The fourth-order valence-corrected chi connectivity index (χ4v) is 1.10. The van der Waals surface area contributed by atoms with Gasteiger partial charge in [-0.05, 0) is 12.1 Å². The highest BCUT2D eigenvalue weighted by Crippen LogP contribution is 2.08. The molecule has 0 bridgehead atoms. The first-order chi connectivity index (χ1) is 7.72. The lowest BCUT2D eigenvalue weighted by Gasteiger charge is -2.04. The van der Waals surface area contributed by atoms with Crippen molar-refractivity contribution in [2.45, 2.75) is 12.8 Å². The molecule has 0 aromatic heterocycles. The van der Waals surface area contributed by atoms with E-state index in [0.717, 1.165) is 0 Å². The molecule has 0 heterocycles. The summed E-state index contributed by atoms with van der Waals surface area (Å²) in [5.41, 5.74) is 0. The number of carbonyl (C=O) groups excluding carboxylic acids is 2. The lowest BCUT2D eigenvalue weighted by molar-refractivity contribution is -0.142. The van der Waals surface area contributed by atoms with Crippen LogP contribution in [-0.2, 0) is 14.3 Å². The number of hydrogen-bond donors (Lipinski definition) is 0. The minimum atomic E-state index is -0.381. The molecule has 86 valence electrons. The van der Waals surface area contributed by atoms with Crippen LogP contribution in [0.5, 0.6) is 5.75 Å². The fraction of sp³-hybridized carbons (Fsp3) is 0.333. The number of rotatable bonds is 6. The van der Waals surface area contributed by atoms with E-state index in [1.165, 1.54) is 7.11 Å². The molecule has 1 aromatic rings. The third-order valence-electron chi connectivity index (χ3n) is 1.98. The Labute approximate surface area is 94.2 Å². The van der Waals surface area contributed by atoms with E-state index in [9.17, 15) is 9.59 Å². The number of Topliss-reactive ketones (excluding diaryl/α,β-unsaturated/α-hetero) is 1. The van der Waals surface area contributed by atoms with Gasteiger partial charge in [0.05, 0.1) is 13.5 Å². The molecule has 0 atom stereocenters. The first-order valence-electron chi connectivity index (χ1n) is 4.98. The average Bonchev–Trinajstić information content (AvgIpc) is 2.34. The summed E-state index contributed by atoms with van der Waals surface area (Å²) in [6.45, 7) is -0.0129. The van der Waals surface area contributed by atoms with E-state index >= 15 is 0 Å². The molecule has 16 heavy (non-hydrogen) atoms. The maximum atomic E-state index is 11.3. The molecule has 4 heteroatoms. The molecule has 1 aromatic carbocycles. The molecule has 0 aliphatic heterocycles. The fourth-order valence-electron chi connectivity index (χ4n) is 1.10. The van der Waals surface area contributed by atoms with Crippen molar-refractivity contribution in [1.82, 2.24) is 0 Å². The van der Waals surface area contributed by atoms with E-state index in [1.807, 2.05) is 18.2 Å². The number of hydrogen-bond acceptors (Lipinski definition) is 4. The van der Waals surface area contributed by atoms with Crippen LogP contribution in [0.2, 0.25) is 0 Å². The van der Waals surface area contributed by atoms with Crippen LogP contribution < -0.4 is 4.74 Å². The van der Waals surface area contributed by atoms with Gasteiger partial charge in [0.15, 0.2) is 5.78 Å². The van der Waals surface area contributed by atoms with Gasteiger partial charge >= 0.3 is 5.97 Å². The van der Waals surface area contributed by atoms with Crippen molar-refractivity contribution >= 4 is 11.8 Å². The second kappa shape index (κ2) is 6.61. The lowest BCUT2D eigenvalue weighted by Crippen LogP contribution is -2.13. The molecule has 4 nitrogen and oxygen atoms in total. The van der Waals surface area contributed by atoms with E-state index in [4.69, 9.17) is 4.74 Å². The van der Waals surface area contributed by atoms with Crippen LogP contribution in [0, 0.1) is 0 Å². The predicted molar refractivity (Wildman–Crippen MR) is 58.2 cm³/mol. The van der Waals surface area contributed by atoms with Crippen molar-refractivity contribution < 1.29 is 19.1 Å². The maximum Gasteiger partial charge on any atom is 0.305 e. The van der Waals surface area contributed by atoms with Crippen molar-refractivity contribution in [3.63, 3.8) is 0 Å². The minimum absolute atomic E-state index is 0.0129. The largest absolute Gasteiger partial charge is 0.486 e. The summed E-state index contributed by atoms with van der Waals surface area (Å²) in [6, 6.07) is 9.07. The van der Waals surface area contributed by atoms with Gasteiger partial charge in [-0.2, -0.15) is 0 Å². The number of ether oxygens (including phenoxy) is 2. The maximum absolute atomic E-state index is 11.3. The van der Waals surface area contributed by atoms with Crippen molar-refractivity contribution in [3.8, 4) is 5.75 Å². The van der Waals surface area contributed by atoms with E-state index in [1.54, 1.807) is 12.1 Å². The standard InChI is InChI=1S/C12H14O4/c1-15-12(14)8-7-10(13)9-16-11-5-3-2-4-6-11/h2-6H,7-9H2,1H3. The molecule has 1 rings (SSSR count). The van der Waals surface area contributed by atoms with Gasteiger partial charge in [-0.25, -0.2) is 0 Å². The highest BCUT2D eigenvalue weighted by molar-refractivity contribution is 5.83. The van der Waals surface area contributed by atoms with Crippen molar-refractivity contribution in [3.05, 3.63) is 30.3 Å². The van der Waals surface area contributed by atoms with E-state index in [-0.39, 0.29) is 31.2 Å². The second-order valence-electron chi connectivity index (χ2n) is 3.22. The molecule has 0 radical (unpaired) electrons. The highest BCUT2D eigenvalue weighted by Gasteiger charge is 2.07. The van der Waals surface area contributed by atoms with E-state index in [0.29, 0.717) is 5.75 Å². The van der Waals surface area contributed by atoms with Crippen molar-refractivity contribution in [2.24, 2.45) is 0 Å². The molecule has 0 spiro atoms. The van der Waals surface area contributed by atoms with E-state index < -0.39 is 0 Å². The van der Waals surface area contributed by atoms with Gasteiger partial charge < -0.3 is 9.47 Å². The molecular weight excluding hydrogens is 208 g/mol. The highest BCUT2D eigenvalue weighted by atomic mass is 16.5. The first-order valence-corrected chi connectivity index (χ1v) is 4.98. The van der Waals surface area contributed by atoms with Crippen LogP contribution in [0.1, 0.15) is 12.8 Å². The van der Waals surface area contributed by atoms with Crippen LogP contribution in [-0.4, -0.2) is 25.5 Å². The smallest absolute Gasteiger partial charge is 0.305 e. The number of esters is 1. The Morgan fingerprint density at radius 3 is 2.44 bits per heavy atom. The van der Waals surface area contributed by atoms with Crippen LogP contribution in [0.15, 0.2) is 30.3 Å². The van der Waals surface area contributed by atoms with Crippen molar-refractivity contribution in [2.75, 3.05) is 13.7 Å². The van der Waals surface area contributed by atoms with E-state index in [2.05, 4.69) is 4.74 Å². The van der Waals surface area contributed by atoms with Gasteiger partial charge in [0.1, 0.15) is 12.4 Å². The number of methoxy groups -OCH3 is 1. The topological polar surface area (TPSA) is 52.6 Å². The van der Waals surface area contributed by atoms with Gasteiger partial charge in [0.25, 0.3) is 0 Å². The minimum Gasteiger partial charge on any atom is -0.486 e. The van der Waals surface area contributed by atoms with Gasteiger partial charge in [-0.3, -0.25) is 9.59 Å². The molecule has 0 aliphatic carbocycles. The zero-order valence-corrected chi connectivity index (χ0v) is 9.14. The molecule has 0 N–H and O–H groups in total. The number of ketones is 1. The molecule has 0 saturated heterocycles. The summed E-state index contributed by atoms with van der Waals surface area (Å²) in [5.74, 6) is 0.149. The average molecular weight is 222 g/mol. The number of carbonyl (C=O) groups is 2. The Morgan fingerprint density at radius 2 is 1.81 bits per heavy atom. The van der Waals surface area contributed by atoms with Gasteiger partial charge in [-0.1, -0.05) is 18.2 Å². The van der Waals surface area contributed by atoms with Gasteiger partial charge in [0, 0.05) is 6.42 Å². The zero-order valence-electron chi connectivity index (χ0n) is 9.14. The van der Waals surface area contributed by atoms with Crippen LogP contribution >= 0.6 is 0 Å². The van der Waals surface area contributed by atoms with Crippen molar-refractivity contribution in [1.29, 1.82) is 0 Å². The summed E-state index contributed by atoms with van der Waals surface area (Å²) in [6.07, 6.45) is 0.257. The molecule has 0 amide bonds. The molecule has 0 fully saturated rings. The van der Waals surface area contributed by atoms with Gasteiger partial charge in [-0.15, -0.1) is 0 Å². The van der Waals surface area contributed by atoms with Crippen LogP contribution in [0.4, 0.5) is 0 Å². The Morgan fingerprint density at radius 1 is 1.12 bits per heavy atom. The molecule has 0 aliphatic rings. The quantitative estimate of drug-likeness (QED) is 0.686. The van der Waals surface area contributed by atoms with Gasteiger partial charge in [0.2, 0.25) is 0 Å². The Kier molecular flexibility index (Phi) is 5.05. The number of para-hydroxylation sites is 1. The molecule has 0 saturated carbocycles. The molecular formula is C12H14O4. The first kappa shape index (κ1) is 12.2. The van der Waals surface area contributed by atoms with Crippen LogP contribution in [0.25, 0.3) is 0 Å². The predicted octanol–water partition coefficient (Wildman–Crippen LogP) is 1.59. The Bertz CT molecular complexity index is 345. The summed E-state index contributed by atoms with van der Waals surface area (Å²) in [5, 5.41) is 0. The molecule has 0 unspecified atom stereocenters. The Hall–Kier alpha value is -1.84. The second-order valence-corrected chi connectivity index (χ2v) is 3.22. The third-order valence-corrected chi connectivity index (χ3v) is 1.98. The summed E-state index contributed by atoms with van der Waals surface area (Å²) in [7, 11) is 1.30. The lowest BCUT2D eigenvalue weighted by atomic mass is 10.2. The SMILES string of the molecule is COC(=O)CCC(=O)COc1ccccc1. The van der Waals surface area contributed by atoms with Crippen LogP contribution in [0.3, 0.4) is 0 Å². The summed E-state index contributed by atoms with van der Waals surface area (Å²) in [4.78, 5) is 22.1. The Balaban J connectivity index is 2.23.